The Kier molecular flexibility index (Phi) is 8.12. The Morgan fingerprint density at radius 2 is 1.82 bits per heavy atom. The van der Waals surface area contributed by atoms with Crippen LogP contribution in [0, 0.1) is 11.6 Å². The molecule has 0 radical (unpaired) electrons. The first kappa shape index (κ1) is 29.4. The summed E-state index contributed by atoms with van der Waals surface area (Å²) in [5, 5.41) is 5.30. The van der Waals surface area contributed by atoms with Crippen LogP contribution in [0.2, 0.25) is 0 Å². The molecule has 1 saturated heterocycles. The Bertz CT molecular complexity index is 1950. The zero-order chi connectivity index (χ0) is 30.8. The van der Waals surface area contributed by atoms with Crippen molar-refractivity contribution in [2.45, 2.75) is 11.4 Å². The maximum Gasteiger partial charge on any atom is 0.264 e. The fourth-order valence-corrected chi connectivity index (χ4v) is 6.14. The summed E-state index contributed by atoms with van der Waals surface area (Å²) in [6.45, 7) is 4.89. The molecule has 1 aliphatic rings. The number of fused-ring (bicyclic) bond motifs is 1. The van der Waals surface area contributed by atoms with Gasteiger partial charge < -0.3 is 15.2 Å². The number of hydrogen-bond acceptors (Lipinski definition) is 9. The molecule has 5 aromatic rings. The van der Waals surface area contributed by atoms with Gasteiger partial charge >= 0.3 is 0 Å². The predicted molar refractivity (Wildman–Crippen MR) is 162 cm³/mol. The summed E-state index contributed by atoms with van der Waals surface area (Å²) in [4.78, 5) is 10.5. The van der Waals surface area contributed by atoms with Crippen LogP contribution in [0.25, 0.3) is 33.2 Å². The number of anilines is 2. The van der Waals surface area contributed by atoms with E-state index in [1.165, 1.54) is 19.4 Å². The lowest BCUT2D eigenvalue weighted by Gasteiger charge is -2.26. The van der Waals surface area contributed by atoms with Gasteiger partial charge in [0.25, 0.3) is 10.0 Å². The molecule has 228 valence electrons. The summed E-state index contributed by atoms with van der Waals surface area (Å²) in [5.74, 6) is -1.77. The van der Waals surface area contributed by atoms with E-state index in [0.717, 1.165) is 68.0 Å². The van der Waals surface area contributed by atoms with Crippen molar-refractivity contribution in [2.75, 3.05) is 50.4 Å². The molecule has 0 unspecified atom stereocenters. The average molecular weight is 622 g/mol. The Morgan fingerprint density at radius 1 is 1.00 bits per heavy atom. The lowest BCUT2D eigenvalue weighted by Crippen LogP contribution is -2.38. The molecule has 3 N–H and O–H groups in total. The normalized spacial score (nSPS) is 14.2. The third kappa shape index (κ3) is 6.18. The fraction of sp³-hybridized carbons (Fsp3) is 0.233. The maximum atomic E-state index is 14.3. The second kappa shape index (κ2) is 12.1. The number of nitrogens with two attached hydrogens (primary N) is 1. The van der Waals surface area contributed by atoms with Gasteiger partial charge in [0.05, 0.1) is 38.6 Å². The quantitative estimate of drug-likeness (QED) is 0.249. The van der Waals surface area contributed by atoms with Crippen LogP contribution in [0.1, 0.15) is 0 Å². The number of methoxy groups -OCH3 is 1. The van der Waals surface area contributed by atoms with Crippen molar-refractivity contribution in [3.8, 4) is 28.1 Å². The fourth-order valence-electron chi connectivity index (χ4n) is 5.03. The summed E-state index contributed by atoms with van der Waals surface area (Å²) in [6, 6.07) is 11.2. The SMILES string of the molecule is COc1ncc(-c2ccc3nc(N)c(-c4cnn(CCN5CCOCC5)c4)cc3c2)cc1NS(=O)(=O)c1ccc(F)cc1F. The Balaban J connectivity index is 1.28. The first-order chi connectivity index (χ1) is 21.2. The molecule has 3 aromatic heterocycles. The van der Waals surface area contributed by atoms with Gasteiger partial charge in [-0.2, -0.15) is 5.10 Å². The van der Waals surface area contributed by atoms with E-state index in [4.69, 9.17) is 15.2 Å². The third-order valence-electron chi connectivity index (χ3n) is 7.34. The summed E-state index contributed by atoms with van der Waals surface area (Å²) >= 11 is 0. The molecule has 1 aliphatic heterocycles. The Labute approximate surface area is 252 Å². The summed E-state index contributed by atoms with van der Waals surface area (Å²) in [5.41, 5.74) is 9.82. The highest BCUT2D eigenvalue weighted by molar-refractivity contribution is 7.92. The van der Waals surface area contributed by atoms with Gasteiger partial charge in [-0.05, 0) is 42.0 Å². The van der Waals surface area contributed by atoms with Crippen LogP contribution in [0.3, 0.4) is 0 Å². The molecule has 6 rings (SSSR count). The largest absolute Gasteiger partial charge is 0.480 e. The number of pyridine rings is 2. The molecule has 14 heteroatoms. The number of morpholine rings is 1. The second-order valence-corrected chi connectivity index (χ2v) is 11.9. The first-order valence-electron chi connectivity index (χ1n) is 13.8. The zero-order valence-corrected chi connectivity index (χ0v) is 24.5. The molecule has 11 nitrogen and oxygen atoms in total. The number of halogens is 2. The zero-order valence-electron chi connectivity index (χ0n) is 23.7. The minimum Gasteiger partial charge on any atom is -0.480 e. The van der Waals surface area contributed by atoms with Crippen LogP contribution < -0.4 is 15.2 Å². The van der Waals surface area contributed by atoms with Crippen molar-refractivity contribution in [3.63, 3.8) is 0 Å². The van der Waals surface area contributed by atoms with E-state index >= 15 is 0 Å². The van der Waals surface area contributed by atoms with Gasteiger partial charge in [0.15, 0.2) is 0 Å². The number of ether oxygens (including phenoxy) is 2. The molecule has 0 amide bonds. The maximum absolute atomic E-state index is 14.3. The summed E-state index contributed by atoms with van der Waals surface area (Å²) < 4.78 is 68.4. The highest BCUT2D eigenvalue weighted by atomic mass is 32.2. The van der Waals surface area contributed by atoms with Crippen molar-refractivity contribution >= 4 is 32.4 Å². The Hall–Kier alpha value is -4.66. The van der Waals surface area contributed by atoms with E-state index in [-0.39, 0.29) is 11.6 Å². The summed E-state index contributed by atoms with van der Waals surface area (Å²) in [7, 11) is -3.10. The van der Waals surface area contributed by atoms with E-state index in [1.807, 2.05) is 23.0 Å². The molecule has 4 heterocycles. The third-order valence-corrected chi connectivity index (χ3v) is 8.74. The van der Waals surface area contributed by atoms with Gasteiger partial charge in [-0.25, -0.2) is 27.2 Å². The van der Waals surface area contributed by atoms with Gasteiger partial charge in [-0.3, -0.25) is 14.3 Å². The second-order valence-electron chi connectivity index (χ2n) is 10.2. The molecule has 0 spiro atoms. The highest BCUT2D eigenvalue weighted by Gasteiger charge is 2.22. The number of benzene rings is 2. The van der Waals surface area contributed by atoms with E-state index in [9.17, 15) is 17.2 Å². The smallest absolute Gasteiger partial charge is 0.264 e. The molecule has 0 bridgehead atoms. The number of sulfonamides is 1. The van der Waals surface area contributed by atoms with Gasteiger partial charge in [0, 0.05) is 60.2 Å². The number of nitrogen functional groups attached to an aromatic ring is 1. The van der Waals surface area contributed by atoms with Gasteiger partial charge in [0.2, 0.25) is 5.88 Å². The minimum atomic E-state index is -4.43. The highest BCUT2D eigenvalue weighted by Crippen LogP contribution is 2.34. The summed E-state index contributed by atoms with van der Waals surface area (Å²) in [6.07, 6.45) is 5.23. The lowest BCUT2D eigenvalue weighted by molar-refractivity contribution is 0.0360. The molecule has 0 saturated carbocycles. The van der Waals surface area contributed by atoms with Crippen LogP contribution in [0.5, 0.6) is 5.88 Å². The van der Waals surface area contributed by atoms with Crippen LogP contribution in [-0.4, -0.2) is 73.0 Å². The lowest BCUT2D eigenvalue weighted by atomic mass is 10.0. The molecule has 0 atom stereocenters. The van der Waals surface area contributed by atoms with Crippen LogP contribution >= 0.6 is 0 Å². The van der Waals surface area contributed by atoms with Crippen molar-refractivity contribution in [1.82, 2.24) is 24.6 Å². The van der Waals surface area contributed by atoms with Gasteiger partial charge in [0.1, 0.15) is 28.0 Å². The van der Waals surface area contributed by atoms with E-state index in [0.29, 0.717) is 28.5 Å². The van der Waals surface area contributed by atoms with Crippen molar-refractivity contribution < 1.29 is 26.7 Å². The number of nitrogens with one attached hydrogen (secondary N) is 1. The van der Waals surface area contributed by atoms with Crippen molar-refractivity contribution in [1.29, 1.82) is 0 Å². The average Bonchev–Trinajstić information content (AvgIpc) is 3.48. The molecule has 0 aliphatic carbocycles. The van der Waals surface area contributed by atoms with Crippen molar-refractivity contribution in [3.05, 3.63) is 78.8 Å². The molecule has 44 heavy (non-hydrogen) atoms. The molecule has 1 fully saturated rings. The van der Waals surface area contributed by atoms with E-state index < -0.39 is 26.6 Å². The number of hydrogen-bond donors (Lipinski definition) is 2. The number of rotatable bonds is 9. The first-order valence-corrected chi connectivity index (χ1v) is 15.2. The van der Waals surface area contributed by atoms with Crippen LogP contribution in [0.15, 0.2) is 72.0 Å². The monoisotopic (exact) mass is 621 g/mol. The van der Waals surface area contributed by atoms with E-state index in [1.54, 1.807) is 18.3 Å². The van der Waals surface area contributed by atoms with Crippen LogP contribution in [0.4, 0.5) is 20.3 Å². The standard InChI is InChI=1S/C30H29F2N7O4S/c1-42-30-27(37-44(40,41)28-5-3-23(31)15-25(28)32)14-21(16-34-30)19-2-4-26-20(12-19)13-24(29(33)36-26)22-17-35-39(18-22)7-6-38-8-10-43-11-9-38/h2-5,12-18,37H,6-11H2,1H3,(H2,33,36). The number of nitrogens with zero attached hydrogens (tertiary/aromatic N) is 5. The predicted octanol–water partition coefficient (Wildman–Crippen LogP) is 4.16. The molecular weight excluding hydrogens is 592 g/mol. The van der Waals surface area contributed by atoms with Gasteiger partial charge in [-0.1, -0.05) is 6.07 Å². The molecule has 2 aromatic carbocycles. The van der Waals surface area contributed by atoms with E-state index in [2.05, 4.69) is 24.7 Å². The Morgan fingerprint density at radius 3 is 2.59 bits per heavy atom. The van der Waals surface area contributed by atoms with Gasteiger partial charge in [-0.15, -0.1) is 0 Å². The molecular formula is C30H29F2N7O4S. The van der Waals surface area contributed by atoms with Crippen LogP contribution in [-0.2, 0) is 21.3 Å². The number of aromatic nitrogens is 4. The van der Waals surface area contributed by atoms with Crippen molar-refractivity contribution in [2.24, 2.45) is 0 Å². The minimum absolute atomic E-state index is 0.0190. The topological polar surface area (TPSA) is 137 Å².